The van der Waals surface area contributed by atoms with Crippen molar-refractivity contribution in [1.82, 2.24) is 4.98 Å². The molecule has 0 fully saturated rings. The number of carbonyl (C=O) groups is 1. The van der Waals surface area contributed by atoms with Gasteiger partial charge in [-0.25, -0.2) is 4.98 Å². The van der Waals surface area contributed by atoms with Crippen LogP contribution in [0.15, 0.2) is 30.3 Å². The second-order valence-electron chi connectivity index (χ2n) is 4.80. The zero-order valence-corrected chi connectivity index (χ0v) is 10.8. The molecule has 1 aromatic heterocycles. The Morgan fingerprint density at radius 3 is 2.74 bits per heavy atom. The molecule has 0 spiro atoms. The Morgan fingerprint density at radius 2 is 2.11 bits per heavy atom. The number of pyridine rings is 1. The molecule has 1 aromatic carbocycles. The summed E-state index contributed by atoms with van der Waals surface area (Å²) in [5.41, 5.74) is 5.48. The summed E-state index contributed by atoms with van der Waals surface area (Å²) >= 11 is 0. The summed E-state index contributed by atoms with van der Waals surface area (Å²) in [7, 11) is 0. The number of para-hydroxylation sites is 1. The van der Waals surface area contributed by atoms with E-state index in [1.807, 2.05) is 24.3 Å². The molecule has 1 amide bonds. The average Bonchev–Trinajstić information content (AvgIpc) is 2.37. The minimum absolute atomic E-state index is 0.366. The third kappa shape index (κ3) is 2.47. The molecule has 2 aromatic rings. The fourth-order valence-electron chi connectivity index (χ4n) is 1.65. The lowest BCUT2D eigenvalue weighted by atomic mass is 10.0. The Balaban J connectivity index is 2.54. The van der Waals surface area contributed by atoms with E-state index in [-0.39, 0.29) is 0 Å². The molecule has 19 heavy (non-hydrogen) atoms. The molecule has 3 N–H and O–H groups in total. The highest BCUT2D eigenvalue weighted by Crippen LogP contribution is 2.22. The van der Waals surface area contributed by atoms with Crippen LogP contribution in [0, 0.1) is 11.3 Å². The number of amides is 1. The zero-order valence-electron chi connectivity index (χ0n) is 10.8. The van der Waals surface area contributed by atoms with E-state index < -0.39 is 11.4 Å². The van der Waals surface area contributed by atoms with Gasteiger partial charge in [-0.05, 0) is 26.0 Å². The van der Waals surface area contributed by atoms with Crippen molar-refractivity contribution >= 4 is 22.6 Å². The third-order valence-electron chi connectivity index (χ3n) is 2.89. The first-order chi connectivity index (χ1) is 8.94. The van der Waals surface area contributed by atoms with Crippen LogP contribution in [0.2, 0.25) is 0 Å². The number of nitrogens with one attached hydrogen (secondary N) is 1. The van der Waals surface area contributed by atoms with Crippen molar-refractivity contribution < 1.29 is 4.79 Å². The van der Waals surface area contributed by atoms with E-state index >= 15 is 0 Å². The molecule has 0 aliphatic heterocycles. The molecule has 0 aliphatic rings. The number of nitrogens with zero attached hydrogens (tertiary/aromatic N) is 2. The van der Waals surface area contributed by atoms with Crippen LogP contribution in [-0.2, 0) is 4.79 Å². The van der Waals surface area contributed by atoms with Crippen LogP contribution >= 0.6 is 0 Å². The molecule has 0 aliphatic carbocycles. The SMILES string of the molecule is CC(C)(Nc1nc2ccccc2cc1C#N)C(N)=O. The number of rotatable bonds is 3. The van der Waals surface area contributed by atoms with Crippen molar-refractivity contribution in [1.29, 1.82) is 5.26 Å². The van der Waals surface area contributed by atoms with E-state index in [9.17, 15) is 4.79 Å². The molecule has 2 rings (SSSR count). The predicted molar refractivity (Wildman–Crippen MR) is 73.4 cm³/mol. The van der Waals surface area contributed by atoms with E-state index in [2.05, 4.69) is 16.4 Å². The summed E-state index contributed by atoms with van der Waals surface area (Å²) in [6.07, 6.45) is 0. The zero-order chi connectivity index (χ0) is 14.0. The van der Waals surface area contributed by atoms with Gasteiger partial charge in [0, 0.05) is 5.39 Å². The molecular weight excluding hydrogens is 240 g/mol. The number of primary amides is 1. The summed E-state index contributed by atoms with van der Waals surface area (Å²) in [6.45, 7) is 3.29. The molecule has 0 atom stereocenters. The van der Waals surface area contributed by atoms with Crippen LogP contribution in [0.3, 0.4) is 0 Å². The molecule has 0 radical (unpaired) electrons. The summed E-state index contributed by atoms with van der Waals surface area (Å²) in [4.78, 5) is 15.7. The number of anilines is 1. The van der Waals surface area contributed by atoms with Gasteiger partial charge in [0.15, 0.2) is 0 Å². The number of hydrogen-bond donors (Lipinski definition) is 2. The number of fused-ring (bicyclic) bond motifs is 1. The Morgan fingerprint density at radius 1 is 1.42 bits per heavy atom. The minimum atomic E-state index is -0.971. The monoisotopic (exact) mass is 254 g/mol. The van der Waals surface area contributed by atoms with Crippen LogP contribution < -0.4 is 11.1 Å². The number of hydrogen-bond acceptors (Lipinski definition) is 4. The molecular formula is C14H14N4O. The summed E-state index contributed by atoms with van der Waals surface area (Å²) in [6, 6.07) is 11.3. The molecule has 1 heterocycles. The highest BCUT2D eigenvalue weighted by Gasteiger charge is 2.26. The van der Waals surface area contributed by atoms with Gasteiger partial charge in [-0.3, -0.25) is 4.79 Å². The van der Waals surface area contributed by atoms with Crippen LogP contribution in [0.25, 0.3) is 10.9 Å². The molecule has 96 valence electrons. The second kappa shape index (κ2) is 4.58. The highest BCUT2D eigenvalue weighted by atomic mass is 16.1. The number of nitrogens with two attached hydrogens (primary N) is 1. The average molecular weight is 254 g/mol. The molecule has 5 nitrogen and oxygen atoms in total. The van der Waals surface area contributed by atoms with E-state index in [1.54, 1.807) is 19.9 Å². The molecule has 0 saturated carbocycles. The normalized spacial score (nSPS) is 11.0. The van der Waals surface area contributed by atoms with Crippen molar-refractivity contribution in [2.24, 2.45) is 5.73 Å². The number of carbonyl (C=O) groups excluding carboxylic acids is 1. The summed E-state index contributed by atoms with van der Waals surface area (Å²) < 4.78 is 0. The lowest BCUT2D eigenvalue weighted by molar-refractivity contribution is -0.121. The number of nitriles is 1. The molecule has 5 heteroatoms. The van der Waals surface area contributed by atoms with Gasteiger partial charge in [-0.2, -0.15) is 5.26 Å². The maximum absolute atomic E-state index is 11.3. The molecule has 0 bridgehead atoms. The Kier molecular flexibility index (Phi) is 3.09. The molecule has 0 unspecified atom stereocenters. The first-order valence-corrected chi connectivity index (χ1v) is 5.82. The van der Waals surface area contributed by atoms with Gasteiger partial charge in [0.05, 0.1) is 11.1 Å². The largest absolute Gasteiger partial charge is 0.368 e. The standard InChI is InChI=1S/C14H14N4O/c1-14(2,13(16)19)18-12-10(8-15)7-9-5-3-4-6-11(9)17-12/h3-7H,1-2H3,(H2,16,19)(H,17,18). The van der Waals surface area contributed by atoms with Crippen molar-refractivity contribution in [3.63, 3.8) is 0 Å². The lowest BCUT2D eigenvalue weighted by Crippen LogP contribution is -2.45. The first-order valence-electron chi connectivity index (χ1n) is 5.82. The van der Waals surface area contributed by atoms with Crippen LogP contribution in [-0.4, -0.2) is 16.4 Å². The van der Waals surface area contributed by atoms with Gasteiger partial charge >= 0.3 is 0 Å². The smallest absolute Gasteiger partial charge is 0.242 e. The maximum Gasteiger partial charge on any atom is 0.242 e. The van der Waals surface area contributed by atoms with Crippen molar-refractivity contribution in [2.75, 3.05) is 5.32 Å². The van der Waals surface area contributed by atoms with Crippen LogP contribution in [0.5, 0.6) is 0 Å². The van der Waals surface area contributed by atoms with Gasteiger partial charge < -0.3 is 11.1 Å². The maximum atomic E-state index is 11.3. The number of benzene rings is 1. The predicted octanol–water partition coefficient (Wildman–Crippen LogP) is 1.78. The van der Waals surface area contributed by atoms with Crippen LogP contribution in [0.1, 0.15) is 19.4 Å². The topological polar surface area (TPSA) is 91.8 Å². The van der Waals surface area contributed by atoms with Gasteiger partial charge in [0.25, 0.3) is 0 Å². The Hall–Kier alpha value is -2.61. The quantitative estimate of drug-likeness (QED) is 0.873. The van der Waals surface area contributed by atoms with Gasteiger partial charge in [0.2, 0.25) is 5.91 Å². The fourth-order valence-corrected chi connectivity index (χ4v) is 1.65. The van der Waals surface area contributed by atoms with Crippen molar-refractivity contribution in [3.05, 3.63) is 35.9 Å². The fraction of sp³-hybridized carbons (Fsp3) is 0.214. The van der Waals surface area contributed by atoms with Gasteiger partial charge in [-0.15, -0.1) is 0 Å². The van der Waals surface area contributed by atoms with Gasteiger partial charge in [0.1, 0.15) is 17.4 Å². The first kappa shape index (κ1) is 12.8. The third-order valence-corrected chi connectivity index (χ3v) is 2.89. The second-order valence-corrected chi connectivity index (χ2v) is 4.80. The highest BCUT2D eigenvalue weighted by molar-refractivity contribution is 5.88. The summed E-state index contributed by atoms with van der Waals surface area (Å²) in [5, 5.41) is 13.0. The summed E-state index contributed by atoms with van der Waals surface area (Å²) in [5.74, 6) is -0.142. The van der Waals surface area contributed by atoms with E-state index in [0.717, 1.165) is 10.9 Å². The van der Waals surface area contributed by atoms with Crippen molar-refractivity contribution in [2.45, 2.75) is 19.4 Å². The van der Waals surface area contributed by atoms with E-state index in [0.29, 0.717) is 11.4 Å². The molecule has 0 saturated heterocycles. The Labute approximate surface area is 111 Å². The van der Waals surface area contributed by atoms with E-state index in [4.69, 9.17) is 11.0 Å². The van der Waals surface area contributed by atoms with Crippen LogP contribution in [0.4, 0.5) is 5.82 Å². The number of aromatic nitrogens is 1. The van der Waals surface area contributed by atoms with Gasteiger partial charge in [-0.1, -0.05) is 18.2 Å². The van der Waals surface area contributed by atoms with E-state index in [1.165, 1.54) is 0 Å². The van der Waals surface area contributed by atoms with Crippen molar-refractivity contribution in [3.8, 4) is 6.07 Å². The Bertz CT molecular complexity index is 685. The minimum Gasteiger partial charge on any atom is -0.368 e. The lowest BCUT2D eigenvalue weighted by Gasteiger charge is -2.23.